The number of piperidine rings is 1. The highest BCUT2D eigenvalue weighted by molar-refractivity contribution is 6.04. The van der Waals surface area contributed by atoms with Crippen molar-refractivity contribution in [3.63, 3.8) is 0 Å². The SMILES string of the molecule is Cc1ncc(C(=O)Nc2ccccc2)c(C2CCN(CC3CC3)CC2)n1. The minimum absolute atomic E-state index is 0.119. The van der Waals surface area contributed by atoms with Crippen molar-refractivity contribution in [1.29, 1.82) is 0 Å². The van der Waals surface area contributed by atoms with Crippen LogP contribution in [0.1, 0.15) is 53.5 Å². The molecular formula is C21H26N4O. The highest BCUT2D eigenvalue weighted by Crippen LogP contribution is 2.33. The molecule has 0 radical (unpaired) electrons. The van der Waals surface area contributed by atoms with Gasteiger partial charge in [-0.15, -0.1) is 0 Å². The van der Waals surface area contributed by atoms with E-state index in [2.05, 4.69) is 20.2 Å². The van der Waals surface area contributed by atoms with Crippen LogP contribution in [0.15, 0.2) is 36.5 Å². The van der Waals surface area contributed by atoms with Gasteiger partial charge in [0.2, 0.25) is 0 Å². The monoisotopic (exact) mass is 350 g/mol. The van der Waals surface area contributed by atoms with Gasteiger partial charge in [0.15, 0.2) is 0 Å². The predicted molar refractivity (Wildman–Crippen MR) is 102 cm³/mol. The maximum atomic E-state index is 12.8. The second-order valence-corrected chi connectivity index (χ2v) is 7.55. The van der Waals surface area contributed by atoms with Gasteiger partial charge in [0.1, 0.15) is 5.82 Å². The largest absolute Gasteiger partial charge is 0.322 e. The van der Waals surface area contributed by atoms with Crippen LogP contribution in [0.5, 0.6) is 0 Å². The molecule has 2 heterocycles. The fraction of sp³-hybridized carbons (Fsp3) is 0.476. The van der Waals surface area contributed by atoms with Gasteiger partial charge in [0.05, 0.1) is 11.3 Å². The van der Waals surface area contributed by atoms with E-state index < -0.39 is 0 Å². The Kier molecular flexibility index (Phi) is 4.98. The Morgan fingerprint density at radius 3 is 2.58 bits per heavy atom. The van der Waals surface area contributed by atoms with E-state index in [1.807, 2.05) is 37.3 Å². The van der Waals surface area contributed by atoms with Crippen molar-refractivity contribution in [2.45, 2.75) is 38.5 Å². The summed E-state index contributed by atoms with van der Waals surface area (Å²) < 4.78 is 0. The van der Waals surface area contributed by atoms with E-state index in [1.54, 1.807) is 6.20 Å². The summed E-state index contributed by atoms with van der Waals surface area (Å²) in [5, 5.41) is 2.97. The molecule has 1 saturated carbocycles. The third-order valence-corrected chi connectivity index (χ3v) is 5.40. The summed E-state index contributed by atoms with van der Waals surface area (Å²) in [6, 6.07) is 9.55. The number of hydrogen-bond donors (Lipinski definition) is 1. The first-order valence-corrected chi connectivity index (χ1v) is 9.61. The number of amides is 1. The topological polar surface area (TPSA) is 58.1 Å². The van der Waals surface area contributed by atoms with Gasteiger partial charge in [-0.2, -0.15) is 0 Å². The standard InChI is InChI=1S/C21H26N4O/c1-15-22-13-19(21(26)24-18-5-3-2-4-6-18)20(23-15)17-9-11-25(12-10-17)14-16-7-8-16/h2-6,13,16-17H,7-12,14H2,1H3,(H,24,26). The van der Waals surface area contributed by atoms with Crippen LogP contribution in [0, 0.1) is 12.8 Å². The van der Waals surface area contributed by atoms with E-state index in [1.165, 1.54) is 19.4 Å². The van der Waals surface area contributed by atoms with Crippen LogP contribution in [0.25, 0.3) is 0 Å². The lowest BCUT2D eigenvalue weighted by Crippen LogP contribution is -2.35. The van der Waals surface area contributed by atoms with E-state index in [0.29, 0.717) is 11.5 Å². The van der Waals surface area contributed by atoms with E-state index in [9.17, 15) is 4.79 Å². The summed E-state index contributed by atoms with van der Waals surface area (Å²) in [6.45, 7) is 5.34. The number of hydrogen-bond acceptors (Lipinski definition) is 4. The summed E-state index contributed by atoms with van der Waals surface area (Å²) in [5.41, 5.74) is 2.32. The predicted octanol–water partition coefficient (Wildman–Crippen LogP) is 3.63. The van der Waals surface area contributed by atoms with Crippen molar-refractivity contribution in [1.82, 2.24) is 14.9 Å². The van der Waals surface area contributed by atoms with Gasteiger partial charge in [-0.3, -0.25) is 4.79 Å². The van der Waals surface area contributed by atoms with Gasteiger partial charge >= 0.3 is 0 Å². The molecule has 0 unspecified atom stereocenters. The molecule has 0 spiro atoms. The van der Waals surface area contributed by atoms with Gasteiger partial charge in [0.25, 0.3) is 5.91 Å². The first-order valence-electron chi connectivity index (χ1n) is 9.61. The highest BCUT2D eigenvalue weighted by Gasteiger charge is 2.29. The number of aromatic nitrogens is 2. The Hall–Kier alpha value is -2.27. The third-order valence-electron chi connectivity index (χ3n) is 5.40. The number of likely N-dealkylation sites (tertiary alicyclic amines) is 1. The van der Waals surface area contributed by atoms with E-state index in [4.69, 9.17) is 0 Å². The van der Waals surface area contributed by atoms with Crippen LogP contribution in [0.4, 0.5) is 5.69 Å². The van der Waals surface area contributed by atoms with E-state index in [-0.39, 0.29) is 5.91 Å². The number of rotatable bonds is 5. The van der Waals surface area contributed by atoms with E-state index in [0.717, 1.165) is 49.1 Å². The summed E-state index contributed by atoms with van der Waals surface area (Å²) in [7, 11) is 0. The fourth-order valence-electron chi connectivity index (χ4n) is 3.75. The Morgan fingerprint density at radius 1 is 1.15 bits per heavy atom. The zero-order valence-electron chi connectivity index (χ0n) is 15.3. The molecule has 1 aromatic heterocycles. The van der Waals surface area contributed by atoms with Gasteiger partial charge in [-0.1, -0.05) is 18.2 Å². The average Bonchev–Trinajstić information content (AvgIpc) is 3.47. The lowest BCUT2D eigenvalue weighted by Gasteiger charge is -2.32. The van der Waals surface area contributed by atoms with Crippen molar-refractivity contribution in [2.75, 3.05) is 25.0 Å². The molecule has 26 heavy (non-hydrogen) atoms. The van der Waals surface area contributed by atoms with Crippen LogP contribution < -0.4 is 5.32 Å². The number of carbonyl (C=O) groups is 1. The minimum atomic E-state index is -0.119. The third kappa shape index (κ3) is 4.10. The molecule has 4 rings (SSSR count). The van der Waals surface area contributed by atoms with Crippen molar-refractivity contribution in [3.8, 4) is 0 Å². The van der Waals surface area contributed by atoms with Gasteiger partial charge < -0.3 is 10.2 Å². The van der Waals surface area contributed by atoms with Gasteiger partial charge in [0, 0.05) is 24.3 Å². The molecule has 1 N–H and O–H groups in total. The first-order chi connectivity index (χ1) is 12.7. The average molecular weight is 350 g/mol. The van der Waals surface area contributed by atoms with Gasteiger partial charge in [-0.05, 0) is 63.7 Å². The molecule has 0 atom stereocenters. The zero-order valence-corrected chi connectivity index (χ0v) is 15.3. The lowest BCUT2D eigenvalue weighted by molar-refractivity contribution is 0.102. The number of carbonyl (C=O) groups excluding carboxylic acids is 1. The Labute approximate surface area is 154 Å². The fourth-order valence-corrected chi connectivity index (χ4v) is 3.75. The van der Waals surface area contributed by atoms with Crippen LogP contribution >= 0.6 is 0 Å². The lowest BCUT2D eigenvalue weighted by atomic mass is 9.90. The molecule has 5 nitrogen and oxygen atoms in total. The van der Waals surface area contributed by atoms with Crippen LogP contribution in [-0.2, 0) is 0 Å². The normalized spacial score (nSPS) is 18.7. The molecule has 1 aliphatic heterocycles. The highest BCUT2D eigenvalue weighted by atomic mass is 16.1. The maximum absolute atomic E-state index is 12.8. The number of anilines is 1. The number of benzene rings is 1. The van der Waals surface area contributed by atoms with Crippen molar-refractivity contribution < 1.29 is 4.79 Å². The van der Waals surface area contributed by atoms with Crippen molar-refractivity contribution >= 4 is 11.6 Å². The summed E-state index contributed by atoms with van der Waals surface area (Å²) >= 11 is 0. The molecule has 2 aromatic rings. The number of nitrogens with zero attached hydrogens (tertiary/aromatic N) is 3. The van der Waals surface area contributed by atoms with Crippen molar-refractivity contribution in [3.05, 3.63) is 53.6 Å². The second-order valence-electron chi connectivity index (χ2n) is 7.55. The Balaban J connectivity index is 1.48. The molecule has 1 saturated heterocycles. The maximum Gasteiger partial charge on any atom is 0.259 e. The van der Waals surface area contributed by atoms with Gasteiger partial charge in [-0.25, -0.2) is 9.97 Å². The molecule has 2 fully saturated rings. The Morgan fingerprint density at radius 2 is 1.88 bits per heavy atom. The molecule has 5 heteroatoms. The van der Waals surface area contributed by atoms with Crippen LogP contribution in [0.2, 0.25) is 0 Å². The molecule has 1 amide bonds. The smallest absolute Gasteiger partial charge is 0.259 e. The number of para-hydroxylation sites is 1. The first kappa shape index (κ1) is 17.2. The van der Waals surface area contributed by atoms with Crippen LogP contribution in [0.3, 0.4) is 0 Å². The molecule has 0 bridgehead atoms. The number of nitrogens with one attached hydrogen (secondary N) is 1. The molecule has 136 valence electrons. The van der Waals surface area contributed by atoms with E-state index >= 15 is 0 Å². The minimum Gasteiger partial charge on any atom is -0.322 e. The second kappa shape index (κ2) is 7.54. The summed E-state index contributed by atoms with van der Waals surface area (Å²) in [4.78, 5) is 24.3. The van der Waals surface area contributed by atoms with Crippen molar-refractivity contribution in [2.24, 2.45) is 5.92 Å². The summed E-state index contributed by atoms with van der Waals surface area (Å²) in [6.07, 6.45) is 6.61. The quantitative estimate of drug-likeness (QED) is 0.895. The molecular weight excluding hydrogens is 324 g/mol. The molecule has 1 aromatic carbocycles. The molecule has 1 aliphatic carbocycles. The Bertz CT molecular complexity index is 765. The summed E-state index contributed by atoms with van der Waals surface area (Å²) in [5.74, 6) is 1.88. The number of aryl methyl sites for hydroxylation is 1. The molecule has 2 aliphatic rings. The zero-order chi connectivity index (χ0) is 17.9. The van der Waals surface area contributed by atoms with Crippen LogP contribution in [-0.4, -0.2) is 40.4 Å².